The van der Waals surface area contributed by atoms with E-state index < -0.39 is 5.69 Å². The van der Waals surface area contributed by atoms with Crippen LogP contribution in [0.25, 0.3) is 17.2 Å². The van der Waals surface area contributed by atoms with Crippen molar-refractivity contribution in [2.75, 3.05) is 17.7 Å². The Balaban J connectivity index is 1.48. The Morgan fingerprint density at radius 2 is 1.87 bits per heavy atom. The minimum absolute atomic E-state index is 0.0888. The van der Waals surface area contributed by atoms with Crippen LogP contribution in [0, 0.1) is 0 Å². The first-order chi connectivity index (χ1) is 18.9. The van der Waals surface area contributed by atoms with E-state index in [2.05, 4.69) is 35.7 Å². The largest absolute Gasteiger partial charge is 0.494 e. The van der Waals surface area contributed by atoms with E-state index >= 15 is 0 Å². The van der Waals surface area contributed by atoms with Gasteiger partial charge in [0.2, 0.25) is 0 Å². The van der Waals surface area contributed by atoms with Gasteiger partial charge < -0.3 is 19.9 Å². The van der Waals surface area contributed by atoms with Gasteiger partial charge in [0, 0.05) is 45.2 Å². The van der Waals surface area contributed by atoms with Gasteiger partial charge in [0.05, 0.1) is 35.9 Å². The van der Waals surface area contributed by atoms with E-state index in [-0.39, 0.29) is 5.78 Å². The van der Waals surface area contributed by atoms with Crippen LogP contribution in [0.2, 0.25) is 0 Å². The molecular weight excluding hydrogens is 500 g/mol. The molecule has 13 heteroatoms. The van der Waals surface area contributed by atoms with E-state index in [1.54, 1.807) is 67.5 Å². The second-order valence-electron chi connectivity index (χ2n) is 8.63. The summed E-state index contributed by atoms with van der Waals surface area (Å²) in [5.41, 5.74) is 1.72. The molecule has 0 fully saturated rings. The monoisotopic (exact) mass is 526 g/mol. The van der Waals surface area contributed by atoms with E-state index in [1.165, 1.54) is 10.8 Å². The fourth-order valence-corrected chi connectivity index (χ4v) is 3.98. The van der Waals surface area contributed by atoms with Crippen molar-refractivity contribution in [2.45, 2.75) is 13.3 Å². The number of aryl methyl sites for hydroxylation is 2. The van der Waals surface area contributed by atoms with Crippen molar-refractivity contribution in [3.63, 3.8) is 0 Å². The van der Waals surface area contributed by atoms with Crippen LogP contribution in [0.15, 0.2) is 66.4 Å². The van der Waals surface area contributed by atoms with Gasteiger partial charge in [0.1, 0.15) is 18.0 Å². The minimum Gasteiger partial charge on any atom is -0.494 e. The number of anilines is 4. The molecule has 4 heterocycles. The highest BCUT2D eigenvalue weighted by atomic mass is 16.5. The Hall–Kier alpha value is -5.33. The zero-order valence-corrected chi connectivity index (χ0v) is 21.8. The maximum absolute atomic E-state index is 12.7. The molecule has 1 aromatic carbocycles. The Labute approximate surface area is 223 Å². The molecule has 0 aliphatic carbocycles. The predicted octanol–water partition coefficient (Wildman–Crippen LogP) is 3.25. The third-order valence-electron chi connectivity index (χ3n) is 5.85. The molecule has 0 bridgehead atoms. The molecule has 0 spiro atoms. The maximum Gasteiger partial charge on any atom is 0.355 e. The van der Waals surface area contributed by atoms with Gasteiger partial charge in [-0.2, -0.15) is 10.1 Å². The molecule has 0 unspecified atom stereocenters. The smallest absolute Gasteiger partial charge is 0.355 e. The summed E-state index contributed by atoms with van der Waals surface area (Å²) < 4.78 is 10.4. The number of nitrogens with zero attached hydrogens (tertiary/aromatic N) is 8. The number of methoxy groups -OCH3 is 1. The maximum atomic E-state index is 12.7. The standard InChI is InChI=1S/C26H26N10O3/c1-5-20(37)17-12-27-22(31-21-9-10-36(26(38)32-21)23-13-34(2)14-28-23)11-19(17)30-18-8-6-7-16(24(18)39-4)25-29-15-35(3)33-25/h6-15H,5H2,1-4H3,(H2,27,30,31,32,38). The molecule has 0 saturated carbocycles. The Morgan fingerprint density at radius 1 is 1.03 bits per heavy atom. The lowest BCUT2D eigenvalue weighted by Gasteiger charge is -2.17. The minimum atomic E-state index is -0.500. The molecule has 0 atom stereocenters. The number of hydrogen-bond acceptors (Lipinski definition) is 10. The van der Waals surface area contributed by atoms with Crippen LogP contribution in [0.1, 0.15) is 23.7 Å². The number of nitrogens with one attached hydrogen (secondary N) is 2. The summed E-state index contributed by atoms with van der Waals surface area (Å²) in [6.07, 6.45) is 8.29. The van der Waals surface area contributed by atoms with Crippen molar-refractivity contribution in [3.05, 3.63) is 77.6 Å². The van der Waals surface area contributed by atoms with Crippen molar-refractivity contribution < 1.29 is 9.53 Å². The first kappa shape index (κ1) is 25.3. The van der Waals surface area contributed by atoms with Crippen molar-refractivity contribution in [1.29, 1.82) is 0 Å². The van der Waals surface area contributed by atoms with Gasteiger partial charge in [0.15, 0.2) is 23.2 Å². The molecule has 5 aromatic rings. The number of ketones is 1. The lowest BCUT2D eigenvalue weighted by molar-refractivity contribution is 0.0988. The van der Waals surface area contributed by atoms with Crippen LogP contribution in [0.4, 0.5) is 23.0 Å². The van der Waals surface area contributed by atoms with Gasteiger partial charge in [-0.3, -0.25) is 9.48 Å². The fraction of sp³-hybridized carbons (Fsp3) is 0.192. The van der Waals surface area contributed by atoms with E-state index in [9.17, 15) is 9.59 Å². The van der Waals surface area contributed by atoms with Crippen LogP contribution in [-0.2, 0) is 14.1 Å². The van der Waals surface area contributed by atoms with Gasteiger partial charge in [-0.15, -0.1) is 0 Å². The summed E-state index contributed by atoms with van der Waals surface area (Å²) in [6.45, 7) is 1.78. The van der Waals surface area contributed by atoms with Crippen LogP contribution >= 0.6 is 0 Å². The zero-order valence-electron chi connectivity index (χ0n) is 21.8. The van der Waals surface area contributed by atoms with E-state index in [1.807, 2.05) is 25.2 Å². The lowest BCUT2D eigenvalue weighted by atomic mass is 10.1. The molecule has 5 rings (SSSR count). The van der Waals surface area contributed by atoms with Gasteiger partial charge in [-0.1, -0.05) is 13.0 Å². The van der Waals surface area contributed by atoms with E-state index in [0.29, 0.717) is 58.0 Å². The Morgan fingerprint density at radius 3 is 2.54 bits per heavy atom. The van der Waals surface area contributed by atoms with Crippen LogP contribution < -0.4 is 21.1 Å². The number of aromatic nitrogens is 8. The van der Waals surface area contributed by atoms with Crippen LogP contribution in [-0.4, -0.2) is 51.7 Å². The third-order valence-corrected chi connectivity index (χ3v) is 5.85. The summed E-state index contributed by atoms with van der Waals surface area (Å²) in [6, 6.07) is 8.86. The summed E-state index contributed by atoms with van der Waals surface area (Å²) >= 11 is 0. The summed E-state index contributed by atoms with van der Waals surface area (Å²) in [5.74, 6) is 2.08. The van der Waals surface area contributed by atoms with Crippen molar-refractivity contribution in [1.82, 2.24) is 38.9 Å². The van der Waals surface area contributed by atoms with Gasteiger partial charge in [-0.05, 0) is 18.2 Å². The average Bonchev–Trinajstić information content (AvgIpc) is 3.56. The Bertz CT molecular complexity index is 1720. The number of carbonyl (C=O) groups is 1. The number of rotatable bonds is 9. The molecule has 4 aromatic heterocycles. The van der Waals surface area contributed by atoms with Crippen molar-refractivity contribution >= 4 is 28.8 Å². The summed E-state index contributed by atoms with van der Waals surface area (Å²) in [4.78, 5) is 42.3. The molecule has 0 saturated heterocycles. The molecule has 198 valence electrons. The molecule has 0 aliphatic rings. The summed E-state index contributed by atoms with van der Waals surface area (Å²) in [7, 11) is 5.16. The highest BCUT2D eigenvalue weighted by molar-refractivity contribution is 6.02. The van der Waals surface area contributed by atoms with E-state index in [0.717, 1.165) is 0 Å². The molecule has 39 heavy (non-hydrogen) atoms. The molecule has 13 nitrogen and oxygen atoms in total. The quantitative estimate of drug-likeness (QED) is 0.274. The average molecular weight is 527 g/mol. The van der Waals surface area contributed by atoms with Gasteiger partial charge in [0.25, 0.3) is 0 Å². The number of Topliss-reactive ketones (excluding diaryl/α,β-unsaturated/α-hetero) is 1. The number of hydrogen-bond donors (Lipinski definition) is 2. The number of pyridine rings is 1. The zero-order chi connectivity index (χ0) is 27.5. The first-order valence-corrected chi connectivity index (χ1v) is 12.0. The molecule has 2 N–H and O–H groups in total. The highest BCUT2D eigenvalue weighted by Crippen LogP contribution is 2.37. The lowest BCUT2D eigenvalue weighted by Crippen LogP contribution is -2.21. The number of carbonyl (C=O) groups excluding carboxylic acids is 1. The van der Waals surface area contributed by atoms with E-state index in [4.69, 9.17) is 4.74 Å². The topological polar surface area (TPSA) is 147 Å². The second kappa shape index (κ2) is 10.6. The third kappa shape index (κ3) is 5.23. The summed E-state index contributed by atoms with van der Waals surface area (Å²) in [5, 5.41) is 10.7. The van der Waals surface area contributed by atoms with Crippen molar-refractivity contribution in [3.8, 4) is 23.0 Å². The first-order valence-electron chi connectivity index (χ1n) is 12.0. The van der Waals surface area contributed by atoms with Gasteiger partial charge >= 0.3 is 5.69 Å². The molecular formula is C26H26N10O3. The highest BCUT2D eigenvalue weighted by Gasteiger charge is 2.18. The van der Waals surface area contributed by atoms with Crippen LogP contribution in [0.5, 0.6) is 5.75 Å². The molecule has 0 radical (unpaired) electrons. The van der Waals surface area contributed by atoms with Crippen molar-refractivity contribution in [2.24, 2.45) is 14.1 Å². The fourth-order valence-electron chi connectivity index (χ4n) is 3.98. The molecule has 0 aliphatic heterocycles. The SMILES string of the molecule is CCC(=O)c1cnc(Nc2ccn(-c3cn(C)cn3)c(=O)n2)cc1Nc1cccc(-c2ncn(C)n2)c1OC. The number of ether oxygens (including phenoxy) is 1. The molecule has 0 amide bonds. The number of benzene rings is 1. The normalized spacial score (nSPS) is 10.9. The van der Waals surface area contributed by atoms with Crippen LogP contribution in [0.3, 0.4) is 0 Å². The number of para-hydroxylation sites is 1. The van der Waals surface area contributed by atoms with Gasteiger partial charge in [-0.25, -0.2) is 24.3 Å². The predicted molar refractivity (Wildman–Crippen MR) is 145 cm³/mol. The Kier molecular flexibility index (Phi) is 6.87. The number of imidazole rings is 1. The second-order valence-corrected chi connectivity index (χ2v) is 8.63.